The van der Waals surface area contributed by atoms with Crippen LogP contribution in [0.3, 0.4) is 0 Å². The quantitative estimate of drug-likeness (QED) is 0.653. The molecule has 4 nitrogen and oxygen atoms in total. The summed E-state index contributed by atoms with van der Waals surface area (Å²) in [6.07, 6.45) is 1.12. The maximum absolute atomic E-state index is 13.3. The van der Waals surface area contributed by atoms with Crippen molar-refractivity contribution in [2.45, 2.75) is 25.9 Å². The highest BCUT2D eigenvalue weighted by Crippen LogP contribution is 2.17. The molecule has 0 saturated carbocycles. The van der Waals surface area contributed by atoms with Gasteiger partial charge in [-0.2, -0.15) is 0 Å². The van der Waals surface area contributed by atoms with Crippen LogP contribution in [0.4, 0.5) is 4.39 Å². The Hall–Kier alpha value is -1.46. The number of halogens is 1. The maximum atomic E-state index is 13.3. The Morgan fingerprint density at radius 1 is 1.45 bits per heavy atom. The first-order valence-corrected chi connectivity index (χ1v) is 7.03. The van der Waals surface area contributed by atoms with Gasteiger partial charge in [-0.3, -0.25) is 10.3 Å². The minimum atomic E-state index is -0.345. The molecule has 110 valence electrons. The fourth-order valence-corrected chi connectivity index (χ4v) is 2.81. The minimum absolute atomic E-state index is 0.0703. The molecule has 0 aliphatic carbocycles. The van der Waals surface area contributed by atoms with Gasteiger partial charge in [-0.1, -0.05) is 6.07 Å². The van der Waals surface area contributed by atoms with Crippen molar-refractivity contribution in [2.75, 3.05) is 26.7 Å². The van der Waals surface area contributed by atoms with Crippen molar-refractivity contribution < 1.29 is 4.39 Å². The molecule has 1 unspecified atom stereocenters. The summed E-state index contributed by atoms with van der Waals surface area (Å²) in [5.41, 5.74) is 7.00. The monoisotopic (exact) mass is 278 g/mol. The van der Waals surface area contributed by atoms with Gasteiger partial charge in [-0.25, -0.2) is 4.39 Å². The van der Waals surface area contributed by atoms with Crippen LogP contribution >= 0.6 is 0 Å². The van der Waals surface area contributed by atoms with Crippen LogP contribution in [-0.4, -0.2) is 48.4 Å². The van der Waals surface area contributed by atoms with E-state index in [2.05, 4.69) is 23.8 Å². The van der Waals surface area contributed by atoms with E-state index < -0.39 is 0 Å². The summed E-state index contributed by atoms with van der Waals surface area (Å²) in [6.45, 7) is 6.06. The summed E-state index contributed by atoms with van der Waals surface area (Å²) in [7, 11) is 2.14. The number of nitrogen functional groups attached to an aromatic ring is 1. The topological polar surface area (TPSA) is 56.4 Å². The van der Waals surface area contributed by atoms with Gasteiger partial charge in [-0.05, 0) is 44.6 Å². The van der Waals surface area contributed by atoms with E-state index in [0.717, 1.165) is 31.6 Å². The van der Waals surface area contributed by atoms with E-state index in [1.54, 1.807) is 6.07 Å². The van der Waals surface area contributed by atoms with Gasteiger partial charge < -0.3 is 10.6 Å². The predicted octanol–water partition coefficient (Wildman–Crippen LogP) is 1.64. The van der Waals surface area contributed by atoms with Gasteiger partial charge in [-0.15, -0.1) is 0 Å². The summed E-state index contributed by atoms with van der Waals surface area (Å²) < 4.78 is 13.3. The zero-order chi connectivity index (χ0) is 14.7. The smallest absolute Gasteiger partial charge is 0.123 e. The Morgan fingerprint density at radius 3 is 2.90 bits per heavy atom. The first-order chi connectivity index (χ1) is 9.47. The zero-order valence-corrected chi connectivity index (χ0v) is 12.2. The SMILES string of the molecule is CC1CN(C)CCCN1Cc1ccc(F)cc1C(=N)N. The molecule has 1 fully saturated rings. The number of hydrogen-bond donors (Lipinski definition) is 2. The van der Waals surface area contributed by atoms with Gasteiger partial charge in [0.2, 0.25) is 0 Å². The molecule has 1 aromatic carbocycles. The fourth-order valence-electron chi connectivity index (χ4n) is 2.81. The van der Waals surface area contributed by atoms with Crippen LogP contribution < -0.4 is 5.73 Å². The summed E-state index contributed by atoms with van der Waals surface area (Å²) in [4.78, 5) is 4.71. The highest BCUT2D eigenvalue weighted by molar-refractivity contribution is 5.96. The molecule has 0 spiro atoms. The standard InChI is InChI=1S/C15H23FN4/c1-11-9-19(2)6-3-7-20(11)10-12-4-5-13(16)8-14(12)15(17)18/h4-5,8,11H,3,6-7,9-10H2,1-2H3,(H3,17,18). The Kier molecular flexibility index (Phi) is 4.73. The molecule has 1 aromatic rings. The van der Waals surface area contributed by atoms with E-state index in [9.17, 15) is 4.39 Å². The Labute approximate surface area is 119 Å². The molecule has 1 saturated heterocycles. The fraction of sp³-hybridized carbons (Fsp3) is 0.533. The highest BCUT2D eigenvalue weighted by Gasteiger charge is 2.21. The number of benzene rings is 1. The average molecular weight is 278 g/mol. The van der Waals surface area contributed by atoms with E-state index in [-0.39, 0.29) is 11.7 Å². The number of likely N-dealkylation sites (N-methyl/N-ethyl adjacent to an activating group) is 1. The molecule has 0 amide bonds. The number of rotatable bonds is 3. The van der Waals surface area contributed by atoms with E-state index in [1.807, 2.05) is 0 Å². The number of hydrogen-bond acceptors (Lipinski definition) is 3. The average Bonchev–Trinajstić information content (AvgIpc) is 2.53. The molecule has 3 N–H and O–H groups in total. The van der Waals surface area contributed by atoms with Crippen LogP contribution in [0.1, 0.15) is 24.5 Å². The predicted molar refractivity (Wildman–Crippen MR) is 79.4 cm³/mol. The summed E-state index contributed by atoms with van der Waals surface area (Å²) in [5.74, 6) is -0.415. The normalized spacial score (nSPS) is 21.6. The molecule has 20 heavy (non-hydrogen) atoms. The van der Waals surface area contributed by atoms with E-state index in [4.69, 9.17) is 11.1 Å². The van der Waals surface area contributed by atoms with Gasteiger partial charge in [0, 0.05) is 31.2 Å². The lowest BCUT2D eigenvalue weighted by Gasteiger charge is -2.28. The first kappa shape index (κ1) is 14.9. The number of amidine groups is 1. The molecule has 0 aromatic heterocycles. The lowest BCUT2D eigenvalue weighted by atomic mass is 10.0. The summed E-state index contributed by atoms with van der Waals surface area (Å²) in [6, 6.07) is 4.98. The zero-order valence-electron chi connectivity index (χ0n) is 12.2. The van der Waals surface area contributed by atoms with E-state index >= 15 is 0 Å². The third kappa shape index (κ3) is 3.55. The molecule has 1 aliphatic heterocycles. The third-order valence-electron chi connectivity index (χ3n) is 3.92. The Morgan fingerprint density at radius 2 is 2.20 bits per heavy atom. The molecule has 5 heteroatoms. The third-order valence-corrected chi connectivity index (χ3v) is 3.92. The summed E-state index contributed by atoms with van der Waals surface area (Å²) >= 11 is 0. The first-order valence-electron chi connectivity index (χ1n) is 7.03. The van der Waals surface area contributed by atoms with Crippen LogP contribution in [0.15, 0.2) is 18.2 Å². The van der Waals surface area contributed by atoms with Crippen LogP contribution in [0.5, 0.6) is 0 Å². The molecule has 0 radical (unpaired) electrons. The lowest BCUT2D eigenvalue weighted by Crippen LogP contribution is -2.37. The van der Waals surface area contributed by atoms with E-state index in [1.165, 1.54) is 12.1 Å². The van der Waals surface area contributed by atoms with Crippen LogP contribution in [0.2, 0.25) is 0 Å². The molecule has 1 atom stereocenters. The van der Waals surface area contributed by atoms with Crippen molar-refractivity contribution in [1.82, 2.24) is 9.80 Å². The second-order valence-electron chi connectivity index (χ2n) is 5.65. The van der Waals surface area contributed by atoms with Crippen LogP contribution in [0, 0.1) is 11.2 Å². The Balaban J connectivity index is 2.18. The lowest BCUT2D eigenvalue weighted by molar-refractivity contribution is 0.194. The van der Waals surface area contributed by atoms with Crippen molar-refractivity contribution in [3.63, 3.8) is 0 Å². The van der Waals surface area contributed by atoms with Gasteiger partial charge in [0.15, 0.2) is 0 Å². The number of nitrogens with one attached hydrogen (secondary N) is 1. The molecule has 1 aliphatic rings. The highest BCUT2D eigenvalue weighted by atomic mass is 19.1. The van der Waals surface area contributed by atoms with Crippen LogP contribution in [-0.2, 0) is 6.54 Å². The van der Waals surface area contributed by atoms with Crippen molar-refractivity contribution in [3.05, 3.63) is 35.1 Å². The van der Waals surface area contributed by atoms with Gasteiger partial charge in [0.05, 0.1) is 0 Å². The largest absolute Gasteiger partial charge is 0.384 e. The maximum Gasteiger partial charge on any atom is 0.123 e. The Bertz CT molecular complexity index is 489. The second kappa shape index (κ2) is 6.33. The van der Waals surface area contributed by atoms with Crippen molar-refractivity contribution in [3.8, 4) is 0 Å². The van der Waals surface area contributed by atoms with E-state index in [0.29, 0.717) is 18.2 Å². The number of nitrogens with zero attached hydrogens (tertiary/aromatic N) is 2. The molecule has 0 bridgehead atoms. The van der Waals surface area contributed by atoms with Gasteiger partial charge >= 0.3 is 0 Å². The molecule has 2 rings (SSSR count). The second-order valence-corrected chi connectivity index (χ2v) is 5.65. The molecular formula is C15H23FN4. The number of nitrogens with two attached hydrogens (primary N) is 1. The minimum Gasteiger partial charge on any atom is -0.384 e. The molecule has 1 heterocycles. The van der Waals surface area contributed by atoms with Gasteiger partial charge in [0.25, 0.3) is 0 Å². The molecular weight excluding hydrogens is 255 g/mol. The van der Waals surface area contributed by atoms with Crippen molar-refractivity contribution >= 4 is 5.84 Å². The van der Waals surface area contributed by atoms with Crippen molar-refractivity contribution in [1.29, 1.82) is 5.41 Å². The summed E-state index contributed by atoms with van der Waals surface area (Å²) in [5, 5.41) is 7.60. The van der Waals surface area contributed by atoms with Crippen molar-refractivity contribution in [2.24, 2.45) is 5.73 Å². The van der Waals surface area contributed by atoms with Gasteiger partial charge in [0.1, 0.15) is 11.7 Å². The van der Waals surface area contributed by atoms with Crippen LogP contribution in [0.25, 0.3) is 0 Å².